The first-order valence-electron chi connectivity index (χ1n) is 6.71. The van der Waals surface area contributed by atoms with Crippen molar-refractivity contribution in [1.82, 2.24) is 9.55 Å². The fourth-order valence-electron chi connectivity index (χ4n) is 2.00. The zero-order valence-electron chi connectivity index (χ0n) is 11.5. The minimum absolute atomic E-state index is 0.830. The van der Waals surface area contributed by atoms with Crippen LogP contribution in [0.5, 0.6) is 0 Å². The number of benzene rings is 1. The Morgan fingerprint density at radius 2 is 2.11 bits per heavy atom. The maximum Gasteiger partial charge on any atom is 0.203 e. The molecule has 0 aliphatic heterocycles. The first-order chi connectivity index (χ1) is 9.20. The van der Waals surface area contributed by atoms with E-state index in [0.717, 1.165) is 29.2 Å². The lowest BCUT2D eigenvalue weighted by Gasteiger charge is -2.10. The van der Waals surface area contributed by atoms with Gasteiger partial charge in [-0.25, -0.2) is 4.98 Å². The fraction of sp³-hybridized carbons (Fsp3) is 0.400. The van der Waals surface area contributed by atoms with E-state index in [1.54, 1.807) is 0 Å². The number of nitrogens with one attached hydrogen (secondary N) is 1. The van der Waals surface area contributed by atoms with E-state index in [1.807, 2.05) is 13.0 Å². The molecule has 4 heteroatoms. The van der Waals surface area contributed by atoms with E-state index in [0.29, 0.717) is 0 Å². The highest BCUT2D eigenvalue weighted by atomic mass is 79.9. The van der Waals surface area contributed by atoms with Crippen LogP contribution < -0.4 is 5.32 Å². The molecule has 0 atom stereocenters. The molecule has 0 amide bonds. The molecule has 0 spiro atoms. The number of aromatic nitrogens is 2. The summed E-state index contributed by atoms with van der Waals surface area (Å²) in [6, 6.07) is 8.31. The van der Waals surface area contributed by atoms with Crippen molar-refractivity contribution in [3.05, 3.63) is 46.2 Å². The Morgan fingerprint density at radius 1 is 1.32 bits per heavy atom. The van der Waals surface area contributed by atoms with Gasteiger partial charge in [-0.3, -0.25) is 0 Å². The molecule has 0 radical (unpaired) electrons. The van der Waals surface area contributed by atoms with E-state index in [9.17, 15) is 0 Å². The fourth-order valence-corrected chi connectivity index (χ4v) is 2.41. The number of imidazole rings is 1. The molecule has 0 unspecified atom stereocenters. The number of rotatable bonds is 6. The van der Waals surface area contributed by atoms with Crippen LogP contribution in [-0.2, 0) is 6.54 Å². The van der Waals surface area contributed by atoms with Crippen LogP contribution in [0.1, 0.15) is 31.0 Å². The molecule has 0 aliphatic rings. The summed E-state index contributed by atoms with van der Waals surface area (Å²) in [7, 11) is 0. The van der Waals surface area contributed by atoms with Crippen LogP contribution >= 0.6 is 15.9 Å². The molecule has 1 heterocycles. The topological polar surface area (TPSA) is 29.9 Å². The van der Waals surface area contributed by atoms with E-state index < -0.39 is 0 Å². The molecule has 0 bridgehead atoms. The first kappa shape index (κ1) is 14.1. The van der Waals surface area contributed by atoms with Gasteiger partial charge in [0, 0.05) is 17.2 Å². The van der Waals surface area contributed by atoms with Crippen molar-refractivity contribution >= 4 is 21.9 Å². The molecule has 2 aromatic rings. The maximum atomic E-state index is 4.54. The SMILES string of the molecule is CCCCNc1nc(C)cn1Cc1ccccc1Br. The van der Waals surface area contributed by atoms with Crippen molar-refractivity contribution in [2.75, 3.05) is 11.9 Å². The molecule has 1 aromatic carbocycles. The monoisotopic (exact) mass is 321 g/mol. The molecular formula is C15H20BrN3. The van der Waals surface area contributed by atoms with Gasteiger partial charge >= 0.3 is 0 Å². The van der Waals surface area contributed by atoms with Crippen LogP contribution in [0.25, 0.3) is 0 Å². The Kier molecular flexibility index (Phi) is 5.02. The molecule has 0 saturated carbocycles. The minimum Gasteiger partial charge on any atom is -0.356 e. The zero-order valence-corrected chi connectivity index (χ0v) is 13.1. The average molecular weight is 322 g/mol. The maximum absolute atomic E-state index is 4.54. The first-order valence-corrected chi connectivity index (χ1v) is 7.51. The average Bonchev–Trinajstić information content (AvgIpc) is 2.73. The summed E-state index contributed by atoms with van der Waals surface area (Å²) in [4.78, 5) is 4.54. The summed E-state index contributed by atoms with van der Waals surface area (Å²) in [5.41, 5.74) is 2.31. The van der Waals surface area contributed by atoms with E-state index in [2.05, 4.69) is 62.1 Å². The number of hydrogen-bond acceptors (Lipinski definition) is 2. The standard InChI is InChI=1S/C15H20BrN3/c1-3-4-9-17-15-18-12(2)10-19(15)11-13-7-5-6-8-14(13)16/h5-8,10H,3-4,9,11H2,1-2H3,(H,17,18). The van der Waals surface area contributed by atoms with Gasteiger partial charge in [0.05, 0.1) is 12.2 Å². The van der Waals surface area contributed by atoms with Gasteiger partial charge in [0.15, 0.2) is 0 Å². The van der Waals surface area contributed by atoms with Crippen LogP contribution in [0.2, 0.25) is 0 Å². The Balaban J connectivity index is 2.13. The molecule has 1 N–H and O–H groups in total. The van der Waals surface area contributed by atoms with Gasteiger partial charge in [-0.2, -0.15) is 0 Å². The quantitative estimate of drug-likeness (QED) is 0.807. The Morgan fingerprint density at radius 3 is 2.84 bits per heavy atom. The Labute approximate surface area is 123 Å². The van der Waals surface area contributed by atoms with E-state index >= 15 is 0 Å². The predicted molar refractivity (Wildman–Crippen MR) is 83.6 cm³/mol. The Hall–Kier alpha value is -1.29. The summed E-state index contributed by atoms with van der Waals surface area (Å²) in [5, 5.41) is 3.41. The van der Waals surface area contributed by atoms with Gasteiger partial charge in [0.2, 0.25) is 5.95 Å². The van der Waals surface area contributed by atoms with Crippen LogP contribution in [-0.4, -0.2) is 16.1 Å². The van der Waals surface area contributed by atoms with Crippen molar-refractivity contribution in [3.63, 3.8) is 0 Å². The third kappa shape index (κ3) is 3.83. The van der Waals surface area contributed by atoms with Gasteiger partial charge in [0.25, 0.3) is 0 Å². The normalized spacial score (nSPS) is 10.7. The number of unbranched alkanes of at least 4 members (excludes halogenated alkanes) is 1. The largest absolute Gasteiger partial charge is 0.356 e. The number of aryl methyl sites for hydroxylation is 1. The Bertz CT molecular complexity index is 534. The van der Waals surface area contributed by atoms with Gasteiger partial charge in [-0.05, 0) is 25.0 Å². The predicted octanol–water partition coefficient (Wildman–Crippen LogP) is 4.21. The number of halogens is 1. The molecule has 3 nitrogen and oxygen atoms in total. The van der Waals surface area contributed by atoms with Crippen molar-refractivity contribution in [1.29, 1.82) is 0 Å². The molecule has 2 rings (SSSR count). The molecule has 19 heavy (non-hydrogen) atoms. The third-order valence-electron chi connectivity index (χ3n) is 3.01. The van der Waals surface area contributed by atoms with Crippen molar-refractivity contribution < 1.29 is 0 Å². The summed E-state index contributed by atoms with van der Waals surface area (Å²) < 4.78 is 3.31. The van der Waals surface area contributed by atoms with Crippen molar-refractivity contribution in [2.24, 2.45) is 0 Å². The van der Waals surface area contributed by atoms with Gasteiger partial charge < -0.3 is 9.88 Å². The zero-order chi connectivity index (χ0) is 13.7. The van der Waals surface area contributed by atoms with Gasteiger partial charge in [-0.1, -0.05) is 47.5 Å². The minimum atomic E-state index is 0.830. The van der Waals surface area contributed by atoms with Crippen LogP contribution in [0.15, 0.2) is 34.9 Å². The van der Waals surface area contributed by atoms with E-state index in [1.165, 1.54) is 18.4 Å². The smallest absolute Gasteiger partial charge is 0.203 e. The van der Waals surface area contributed by atoms with Crippen LogP contribution in [0.4, 0.5) is 5.95 Å². The van der Waals surface area contributed by atoms with Crippen molar-refractivity contribution in [3.8, 4) is 0 Å². The molecule has 0 saturated heterocycles. The summed E-state index contributed by atoms with van der Waals surface area (Å²) in [6.45, 7) is 6.03. The summed E-state index contributed by atoms with van der Waals surface area (Å²) >= 11 is 3.59. The highest BCUT2D eigenvalue weighted by molar-refractivity contribution is 9.10. The van der Waals surface area contributed by atoms with Crippen LogP contribution in [0.3, 0.4) is 0 Å². The second-order valence-corrected chi connectivity index (χ2v) is 5.56. The van der Waals surface area contributed by atoms with Gasteiger partial charge in [-0.15, -0.1) is 0 Å². The van der Waals surface area contributed by atoms with E-state index in [4.69, 9.17) is 0 Å². The lowest BCUT2D eigenvalue weighted by atomic mass is 10.2. The molecular weight excluding hydrogens is 302 g/mol. The van der Waals surface area contributed by atoms with E-state index in [-0.39, 0.29) is 0 Å². The molecule has 0 aliphatic carbocycles. The lowest BCUT2D eigenvalue weighted by Crippen LogP contribution is -2.09. The number of hydrogen-bond donors (Lipinski definition) is 1. The van der Waals surface area contributed by atoms with Crippen LogP contribution in [0, 0.1) is 6.92 Å². The lowest BCUT2D eigenvalue weighted by molar-refractivity contribution is 0.773. The third-order valence-corrected chi connectivity index (χ3v) is 3.78. The molecule has 0 fully saturated rings. The number of anilines is 1. The summed E-state index contributed by atoms with van der Waals surface area (Å²) in [5.74, 6) is 0.960. The second kappa shape index (κ2) is 6.75. The summed E-state index contributed by atoms with van der Waals surface area (Å²) in [6.07, 6.45) is 4.45. The van der Waals surface area contributed by atoms with Gasteiger partial charge in [0.1, 0.15) is 0 Å². The number of nitrogens with zero attached hydrogens (tertiary/aromatic N) is 2. The second-order valence-electron chi connectivity index (χ2n) is 4.71. The highest BCUT2D eigenvalue weighted by Gasteiger charge is 2.07. The molecule has 102 valence electrons. The van der Waals surface area contributed by atoms with Crippen molar-refractivity contribution in [2.45, 2.75) is 33.2 Å². The molecule has 1 aromatic heterocycles. The highest BCUT2D eigenvalue weighted by Crippen LogP contribution is 2.19.